The maximum absolute atomic E-state index is 13.8. The lowest BCUT2D eigenvalue weighted by Crippen LogP contribution is -2.37. The highest BCUT2D eigenvalue weighted by Crippen LogP contribution is 2.35. The number of ether oxygens (including phenoxy) is 1. The summed E-state index contributed by atoms with van der Waals surface area (Å²) in [7, 11) is -3.90. The number of nitro groups is 1. The molecule has 2 aromatic carbocycles. The SMILES string of the molecule is CC1CCN(S(=O)(=O)c2ccc(Oc3ccc(F)cc3F)c([N+](=O)[O-])c2)CC1. The van der Waals surface area contributed by atoms with Gasteiger partial charge in [-0.2, -0.15) is 4.31 Å². The van der Waals surface area contributed by atoms with Gasteiger partial charge in [0.15, 0.2) is 11.6 Å². The standard InChI is InChI=1S/C18H18F2N2O5S/c1-12-6-8-21(9-7-12)28(25,26)14-3-5-18(16(11-14)22(23)24)27-17-4-2-13(19)10-15(17)20/h2-5,10-12H,6-9H2,1H3. The lowest BCUT2D eigenvalue weighted by atomic mass is 10.0. The lowest BCUT2D eigenvalue weighted by molar-refractivity contribution is -0.385. The predicted octanol–water partition coefficient (Wildman–Crippen LogP) is 4.09. The third-order valence-electron chi connectivity index (χ3n) is 4.62. The van der Waals surface area contributed by atoms with Crippen LogP contribution in [-0.2, 0) is 10.0 Å². The first-order chi connectivity index (χ1) is 13.2. The summed E-state index contributed by atoms with van der Waals surface area (Å²) in [5.41, 5.74) is -0.629. The van der Waals surface area contributed by atoms with Crippen LogP contribution < -0.4 is 4.74 Å². The minimum Gasteiger partial charge on any atom is -0.447 e. The van der Waals surface area contributed by atoms with Crippen molar-refractivity contribution in [2.75, 3.05) is 13.1 Å². The normalized spacial score (nSPS) is 16.1. The van der Waals surface area contributed by atoms with Crippen molar-refractivity contribution in [2.45, 2.75) is 24.7 Å². The van der Waals surface area contributed by atoms with E-state index in [1.54, 1.807) is 0 Å². The molecule has 2 aromatic rings. The van der Waals surface area contributed by atoms with E-state index >= 15 is 0 Å². The molecule has 0 bridgehead atoms. The Kier molecular flexibility index (Phi) is 5.61. The monoisotopic (exact) mass is 412 g/mol. The molecule has 0 atom stereocenters. The van der Waals surface area contributed by atoms with E-state index in [1.807, 2.05) is 6.92 Å². The highest BCUT2D eigenvalue weighted by molar-refractivity contribution is 7.89. The average molecular weight is 412 g/mol. The topological polar surface area (TPSA) is 89.8 Å². The van der Waals surface area contributed by atoms with E-state index in [-0.39, 0.29) is 10.6 Å². The van der Waals surface area contributed by atoms with Crippen molar-refractivity contribution in [2.24, 2.45) is 5.92 Å². The number of rotatable bonds is 5. The molecule has 0 spiro atoms. The number of hydrogen-bond acceptors (Lipinski definition) is 5. The van der Waals surface area contributed by atoms with Crippen LogP contribution in [-0.4, -0.2) is 30.7 Å². The van der Waals surface area contributed by atoms with Crippen molar-refractivity contribution in [3.05, 3.63) is 58.1 Å². The third kappa shape index (κ3) is 4.12. The molecule has 3 rings (SSSR count). The molecule has 10 heteroatoms. The molecule has 0 amide bonds. The molecule has 0 saturated carbocycles. The number of sulfonamides is 1. The Morgan fingerprint density at radius 1 is 1.11 bits per heavy atom. The van der Waals surface area contributed by atoms with Crippen LogP contribution in [0.2, 0.25) is 0 Å². The van der Waals surface area contributed by atoms with Gasteiger partial charge in [0.2, 0.25) is 15.8 Å². The number of benzene rings is 2. The van der Waals surface area contributed by atoms with Crippen molar-refractivity contribution in [3.63, 3.8) is 0 Å². The zero-order valence-corrected chi connectivity index (χ0v) is 15.8. The molecule has 1 aliphatic rings. The predicted molar refractivity (Wildman–Crippen MR) is 96.7 cm³/mol. The van der Waals surface area contributed by atoms with Gasteiger partial charge >= 0.3 is 5.69 Å². The minimum atomic E-state index is -3.90. The molecule has 0 N–H and O–H groups in total. The maximum Gasteiger partial charge on any atom is 0.312 e. The van der Waals surface area contributed by atoms with Crippen LogP contribution in [0.25, 0.3) is 0 Å². The summed E-state index contributed by atoms with van der Waals surface area (Å²) in [6.07, 6.45) is 1.43. The van der Waals surface area contributed by atoms with Gasteiger partial charge in [-0.15, -0.1) is 0 Å². The summed E-state index contributed by atoms with van der Waals surface area (Å²) in [5, 5.41) is 11.4. The molecule has 1 aliphatic heterocycles. The Morgan fingerprint density at radius 2 is 1.75 bits per heavy atom. The smallest absolute Gasteiger partial charge is 0.312 e. The van der Waals surface area contributed by atoms with Gasteiger partial charge < -0.3 is 4.74 Å². The Hall–Kier alpha value is -2.59. The fraction of sp³-hybridized carbons (Fsp3) is 0.333. The highest BCUT2D eigenvalue weighted by atomic mass is 32.2. The Bertz CT molecular complexity index is 1010. The molecular weight excluding hydrogens is 394 g/mol. The van der Waals surface area contributed by atoms with Gasteiger partial charge in [0.05, 0.1) is 9.82 Å². The van der Waals surface area contributed by atoms with Crippen LogP contribution in [0.5, 0.6) is 11.5 Å². The summed E-state index contributed by atoms with van der Waals surface area (Å²) in [5.74, 6) is -2.20. The van der Waals surface area contributed by atoms with Crippen LogP contribution in [0.4, 0.5) is 14.5 Å². The van der Waals surface area contributed by atoms with Crippen LogP contribution in [0.3, 0.4) is 0 Å². The minimum absolute atomic E-state index is 0.235. The molecule has 1 heterocycles. The van der Waals surface area contributed by atoms with E-state index in [0.29, 0.717) is 37.9 Å². The summed E-state index contributed by atoms with van der Waals surface area (Å²) < 4.78 is 58.8. The van der Waals surface area contributed by atoms with Gasteiger partial charge in [-0.1, -0.05) is 6.92 Å². The zero-order chi connectivity index (χ0) is 20.5. The maximum atomic E-state index is 13.8. The van der Waals surface area contributed by atoms with E-state index in [2.05, 4.69) is 0 Å². The highest BCUT2D eigenvalue weighted by Gasteiger charge is 2.30. The summed E-state index contributed by atoms with van der Waals surface area (Å²) in [6, 6.07) is 5.69. The number of halogens is 2. The van der Waals surface area contributed by atoms with E-state index in [9.17, 15) is 27.3 Å². The molecular formula is C18H18F2N2O5S. The van der Waals surface area contributed by atoms with E-state index < -0.39 is 38.0 Å². The first-order valence-corrected chi connectivity index (χ1v) is 10.0. The Balaban J connectivity index is 1.94. The van der Waals surface area contributed by atoms with Crippen LogP contribution in [0, 0.1) is 27.7 Å². The molecule has 1 fully saturated rings. The molecule has 0 radical (unpaired) electrons. The second-order valence-electron chi connectivity index (χ2n) is 6.65. The van der Waals surface area contributed by atoms with Crippen molar-refractivity contribution in [3.8, 4) is 11.5 Å². The summed E-state index contributed by atoms with van der Waals surface area (Å²) >= 11 is 0. The fourth-order valence-corrected chi connectivity index (χ4v) is 4.43. The van der Waals surface area contributed by atoms with Crippen molar-refractivity contribution < 1.29 is 26.9 Å². The molecule has 0 unspecified atom stereocenters. The van der Waals surface area contributed by atoms with Crippen LogP contribution in [0.15, 0.2) is 41.3 Å². The molecule has 1 saturated heterocycles. The largest absolute Gasteiger partial charge is 0.447 e. The van der Waals surface area contributed by atoms with Gasteiger partial charge in [0.1, 0.15) is 5.82 Å². The first-order valence-electron chi connectivity index (χ1n) is 8.60. The second kappa shape index (κ2) is 7.80. The van der Waals surface area contributed by atoms with Crippen molar-refractivity contribution in [1.82, 2.24) is 4.31 Å². The number of hydrogen-bond donors (Lipinski definition) is 0. The quantitative estimate of drug-likeness (QED) is 0.545. The van der Waals surface area contributed by atoms with Crippen LogP contribution >= 0.6 is 0 Å². The van der Waals surface area contributed by atoms with Crippen molar-refractivity contribution >= 4 is 15.7 Å². The van der Waals surface area contributed by atoms with E-state index in [1.165, 1.54) is 10.4 Å². The number of nitro benzene ring substituents is 1. The lowest BCUT2D eigenvalue weighted by Gasteiger charge is -2.29. The number of piperidine rings is 1. The van der Waals surface area contributed by atoms with Gasteiger partial charge in [0.25, 0.3) is 0 Å². The van der Waals surface area contributed by atoms with Gasteiger partial charge in [-0.3, -0.25) is 10.1 Å². The van der Waals surface area contributed by atoms with Crippen LogP contribution in [0.1, 0.15) is 19.8 Å². The van der Waals surface area contributed by atoms with Gasteiger partial charge in [-0.05, 0) is 43.0 Å². The molecule has 150 valence electrons. The van der Waals surface area contributed by atoms with Crippen molar-refractivity contribution in [1.29, 1.82) is 0 Å². The molecule has 0 aliphatic carbocycles. The van der Waals surface area contributed by atoms with E-state index in [4.69, 9.17) is 4.74 Å². The Morgan fingerprint density at radius 3 is 2.36 bits per heavy atom. The molecule has 28 heavy (non-hydrogen) atoms. The zero-order valence-electron chi connectivity index (χ0n) is 15.0. The van der Waals surface area contributed by atoms with E-state index in [0.717, 1.165) is 24.3 Å². The van der Waals surface area contributed by atoms with Gasteiger partial charge in [0, 0.05) is 25.2 Å². The number of nitrogens with zero attached hydrogens (tertiary/aromatic N) is 2. The second-order valence-corrected chi connectivity index (χ2v) is 8.59. The fourth-order valence-electron chi connectivity index (χ4n) is 2.94. The molecule has 7 nitrogen and oxygen atoms in total. The third-order valence-corrected chi connectivity index (χ3v) is 6.52. The summed E-state index contributed by atoms with van der Waals surface area (Å²) in [4.78, 5) is 10.4. The average Bonchev–Trinajstić information content (AvgIpc) is 2.64. The van der Waals surface area contributed by atoms with Gasteiger partial charge in [-0.25, -0.2) is 17.2 Å². The Labute approximate surface area is 160 Å². The summed E-state index contributed by atoms with van der Waals surface area (Å²) in [6.45, 7) is 2.72. The first kappa shape index (κ1) is 20.2. The molecule has 0 aromatic heterocycles.